The Hall–Kier alpha value is -2.30. The number of carbonyl (C=O) groups is 2. The number of H-pyrrole nitrogens is 1. The fourth-order valence-electron chi connectivity index (χ4n) is 3.66. The number of fused-ring (bicyclic) bond motifs is 4. The number of aromatic amines is 1. The maximum atomic E-state index is 12.4. The SMILES string of the molecule is C[C@H]1NC(=O)[C@@H]2Cc3c([nH]c4ccccc34)[C@H](C)N2C1=O. The van der Waals surface area contributed by atoms with Gasteiger partial charge in [0.2, 0.25) is 11.8 Å². The molecule has 2 N–H and O–H groups in total. The molecule has 3 heterocycles. The van der Waals surface area contributed by atoms with Crippen molar-refractivity contribution in [3.63, 3.8) is 0 Å². The zero-order chi connectivity index (χ0) is 14.7. The van der Waals surface area contributed by atoms with Gasteiger partial charge in [-0.25, -0.2) is 0 Å². The number of hydrogen-bond acceptors (Lipinski definition) is 2. The van der Waals surface area contributed by atoms with E-state index in [1.54, 1.807) is 11.8 Å². The average Bonchev–Trinajstić information content (AvgIpc) is 2.84. The van der Waals surface area contributed by atoms with Crippen molar-refractivity contribution in [2.45, 2.75) is 38.4 Å². The van der Waals surface area contributed by atoms with E-state index in [-0.39, 0.29) is 17.9 Å². The second-order valence-corrected chi connectivity index (χ2v) is 5.93. The van der Waals surface area contributed by atoms with Crippen molar-refractivity contribution in [3.05, 3.63) is 35.5 Å². The average molecular weight is 283 g/mol. The highest BCUT2D eigenvalue weighted by Gasteiger charge is 2.45. The number of para-hydroxylation sites is 1. The van der Waals surface area contributed by atoms with Gasteiger partial charge in [-0.15, -0.1) is 0 Å². The van der Waals surface area contributed by atoms with E-state index >= 15 is 0 Å². The van der Waals surface area contributed by atoms with Gasteiger partial charge >= 0.3 is 0 Å². The van der Waals surface area contributed by atoms with Crippen LogP contribution in [0.3, 0.4) is 0 Å². The zero-order valence-corrected chi connectivity index (χ0v) is 12.0. The van der Waals surface area contributed by atoms with Crippen LogP contribution >= 0.6 is 0 Å². The summed E-state index contributed by atoms with van der Waals surface area (Å²) in [5, 5.41) is 3.93. The standard InChI is InChI=1S/C16H17N3O2/c1-8-16(21)19-9(2)14-11(7-13(19)15(20)17-8)10-5-3-4-6-12(10)18-14/h3-6,8-9,13,18H,7H2,1-2H3,(H,17,20)/t8-,9+,13+/m1/s1. The van der Waals surface area contributed by atoms with Crippen LogP contribution in [0.4, 0.5) is 0 Å². The monoisotopic (exact) mass is 283 g/mol. The zero-order valence-electron chi connectivity index (χ0n) is 12.0. The first-order valence-corrected chi connectivity index (χ1v) is 7.30. The lowest BCUT2D eigenvalue weighted by atomic mass is 9.89. The quantitative estimate of drug-likeness (QED) is 0.769. The molecule has 0 saturated carbocycles. The lowest BCUT2D eigenvalue weighted by Gasteiger charge is -2.44. The number of benzene rings is 1. The minimum absolute atomic E-state index is 0.00333. The summed E-state index contributed by atoms with van der Waals surface area (Å²) in [6, 6.07) is 7.15. The summed E-state index contributed by atoms with van der Waals surface area (Å²) in [6.07, 6.45) is 0.577. The Labute approximate surface area is 122 Å². The van der Waals surface area contributed by atoms with E-state index in [9.17, 15) is 9.59 Å². The molecule has 2 aliphatic rings. The first kappa shape index (κ1) is 12.4. The summed E-state index contributed by atoms with van der Waals surface area (Å²) in [5.41, 5.74) is 3.29. The van der Waals surface area contributed by atoms with E-state index in [4.69, 9.17) is 0 Å². The molecule has 4 rings (SSSR count). The van der Waals surface area contributed by atoms with Crippen molar-refractivity contribution in [1.29, 1.82) is 0 Å². The van der Waals surface area contributed by atoms with Gasteiger partial charge in [0.05, 0.1) is 6.04 Å². The van der Waals surface area contributed by atoms with Crippen molar-refractivity contribution < 1.29 is 9.59 Å². The van der Waals surface area contributed by atoms with Crippen LogP contribution in [0.25, 0.3) is 10.9 Å². The second kappa shape index (κ2) is 4.10. The number of nitrogens with zero attached hydrogens (tertiary/aromatic N) is 1. The van der Waals surface area contributed by atoms with E-state index in [1.165, 1.54) is 0 Å². The Kier molecular flexibility index (Phi) is 2.43. The number of nitrogens with one attached hydrogen (secondary N) is 2. The van der Waals surface area contributed by atoms with Crippen LogP contribution in [0, 0.1) is 0 Å². The van der Waals surface area contributed by atoms with Gasteiger partial charge in [0.1, 0.15) is 12.1 Å². The van der Waals surface area contributed by atoms with Crippen molar-refractivity contribution in [2.75, 3.05) is 0 Å². The third-order valence-electron chi connectivity index (χ3n) is 4.70. The van der Waals surface area contributed by atoms with Gasteiger partial charge < -0.3 is 15.2 Å². The van der Waals surface area contributed by atoms with E-state index in [2.05, 4.69) is 16.4 Å². The van der Waals surface area contributed by atoms with Crippen LogP contribution in [0.5, 0.6) is 0 Å². The summed E-state index contributed by atoms with van der Waals surface area (Å²) in [6.45, 7) is 3.73. The highest BCUT2D eigenvalue weighted by atomic mass is 16.2. The molecule has 0 radical (unpaired) electrons. The molecule has 3 atom stereocenters. The van der Waals surface area contributed by atoms with E-state index in [0.717, 1.165) is 22.2 Å². The van der Waals surface area contributed by atoms with Gasteiger partial charge in [-0.05, 0) is 25.5 Å². The molecule has 21 heavy (non-hydrogen) atoms. The number of amides is 2. The Morgan fingerprint density at radius 2 is 1.95 bits per heavy atom. The summed E-state index contributed by atoms with van der Waals surface area (Å²) >= 11 is 0. The first-order valence-electron chi connectivity index (χ1n) is 7.30. The Bertz CT molecular complexity index is 764. The lowest BCUT2D eigenvalue weighted by molar-refractivity contribution is -0.152. The van der Waals surface area contributed by atoms with Gasteiger partial charge in [-0.3, -0.25) is 9.59 Å². The van der Waals surface area contributed by atoms with Crippen LogP contribution < -0.4 is 5.32 Å². The molecule has 0 aliphatic carbocycles. The van der Waals surface area contributed by atoms with E-state index < -0.39 is 12.1 Å². The Morgan fingerprint density at radius 1 is 1.19 bits per heavy atom. The van der Waals surface area contributed by atoms with Gasteiger partial charge in [0, 0.05) is 23.0 Å². The molecule has 5 nitrogen and oxygen atoms in total. The minimum Gasteiger partial charge on any atom is -0.356 e. The van der Waals surface area contributed by atoms with Crippen molar-refractivity contribution in [2.24, 2.45) is 0 Å². The molecule has 1 saturated heterocycles. The van der Waals surface area contributed by atoms with Crippen LogP contribution in [-0.4, -0.2) is 33.8 Å². The van der Waals surface area contributed by atoms with Crippen molar-refractivity contribution in [1.82, 2.24) is 15.2 Å². The summed E-state index contributed by atoms with van der Waals surface area (Å²) in [7, 11) is 0. The van der Waals surface area contributed by atoms with Crippen LogP contribution in [-0.2, 0) is 16.0 Å². The molecular formula is C16H17N3O2. The number of aromatic nitrogens is 1. The van der Waals surface area contributed by atoms with Gasteiger partial charge in [-0.2, -0.15) is 0 Å². The number of carbonyl (C=O) groups excluding carboxylic acids is 2. The fraction of sp³-hybridized carbons (Fsp3) is 0.375. The minimum atomic E-state index is -0.442. The number of piperazine rings is 1. The van der Waals surface area contributed by atoms with Crippen LogP contribution in [0.15, 0.2) is 24.3 Å². The third kappa shape index (κ3) is 1.57. The molecule has 1 aromatic heterocycles. The number of rotatable bonds is 0. The van der Waals surface area contributed by atoms with Crippen LogP contribution in [0.2, 0.25) is 0 Å². The first-order chi connectivity index (χ1) is 10.1. The summed E-state index contributed by atoms with van der Waals surface area (Å²) in [4.78, 5) is 29.9. The molecular weight excluding hydrogens is 266 g/mol. The normalized spacial score (nSPS) is 28.3. The highest BCUT2D eigenvalue weighted by molar-refractivity contribution is 5.98. The van der Waals surface area contributed by atoms with Gasteiger partial charge in [-0.1, -0.05) is 18.2 Å². The molecule has 0 spiro atoms. The predicted octanol–water partition coefficient (Wildman–Crippen LogP) is 1.50. The fourth-order valence-corrected chi connectivity index (χ4v) is 3.66. The topological polar surface area (TPSA) is 65.2 Å². The maximum absolute atomic E-state index is 12.4. The van der Waals surface area contributed by atoms with Crippen molar-refractivity contribution in [3.8, 4) is 0 Å². The summed E-state index contributed by atoms with van der Waals surface area (Å²) < 4.78 is 0. The molecule has 2 aromatic rings. The molecule has 1 fully saturated rings. The Morgan fingerprint density at radius 3 is 2.76 bits per heavy atom. The molecule has 2 aliphatic heterocycles. The molecule has 1 aromatic carbocycles. The maximum Gasteiger partial charge on any atom is 0.246 e. The third-order valence-corrected chi connectivity index (χ3v) is 4.70. The molecule has 0 bridgehead atoms. The van der Waals surface area contributed by atoms with Gasteiger partial charge in [0.15, 0.2) is 0 Å². The van der Waals surface area contributed by atoms with Crippen LogP contribution in [0.1, 0.15) is 31.1 Å². The number of hydrogen-bond donors (Lipinski definition) is 2. The second-order valence-electron chi connectivity index (χ2n) is 5.93. The molecule has 108 valence electrons. The lowest BCUT2D eigenvalue weighted by Crippen LogP contribution is -2.64. The Balaban J connectivity index is 1.90. The smallest absolute Gasteiger partial charge is 0.246 e. The van der Waals surface area contributed by atoms with E-state index in [1.807, 2.05) is 25.1 Å². The largest absolute Gasteiger partial charge is 0.356 e. The van der Waals surface area contributed by atoms with E-state index in [0.29, 0.717) is 6.42 Å². The molecule has 0 unspecified atom stereocenters. The van der Waals surface area contributed by atoms with Gasteiger partial charge in [0.25, 0.3) is 0 Å². The van der Waals surface area contributed by atoms with Crippen molar-refractivity contribution >= 4 is 22.7 Å². The predicted molar refractivity (Wildman–Crippen MR) is 78.7 cm³/mol. The molecule has 2 amide bonds. The highest BCUT2D eigenvalue weighted by Crippen LogP contribution is 2.38. The molecule has 5 heteroatoms. The summed E-state index contributed by atoms with van der Waals surface area (Å²) in [5.74, 6) is -0.0544.